The number of amides is 2. The van der Waals surface area contributed by atoms with Crippen LogP contribution in [-0.2, 0) is 4.79 Å². The number of benzene rings is 1. The highest BCUT2D eigenvalue weighted by Gasteiger charge is 2.09. The first-order chi connectivity index (χ1) is 11.1. The molecule has 1 aromatic heterocycles. The lowest BCUT2D eigenvalue weighted by Crippen LogP contribution is -2.27. The Labute approximate surface area is 138 Å². The first kappa shape index (κ1) is 16.8. The van der Waals surface area contributed by atoms with Gasteiger partial charge in [-0.05, 0) is 11.4 Å². The van der Waals surface area contributed by atoms with E-state index in [0.717, 1.165) is 0 Å². The van der Waals surface area contributed by atoms with E-state index in [1.165, 1.54) is 11.3 Å². The molecule has 0 bridgehead atoms. The van der Waals surface area contributed by atoms with Crippen molar-refractivity contribution in [3.63, 3.8) is 0 Å². The van der Waals surface area contributed by atoms with E-state index in [4.69, 9.17) is 9.47 Å². The summed E-state index contributed by atoms with van der Waals surface area (Å²) in [7, 11) is 3.08. The maximum atomic E-state index is 11.9. The van der Waals surface area contributed by atoms with Gasteiger partial charge in [0, 0.05) is 36.9 Å². The standard InChI is InChI=1S/C16H18N2O4S/c1-21-12-8-11(9-13(10-12)22-2)18-15(19)5-6-17-16(20)14-4-3-7-23-14/h3-4,7-10H,5-6H2,1-2H3,(H,17,20)(H,18,19). The van der Waals surface area contributed by atoms with Crippen molar-refractivity contribution in [3.05, 3.63) is 40.6 Å². The van der Waals surface area contributed by atoms with E-state index in [-0.39, 0.29) is 24.8 Å². The number of ether oxygens (including phenoxy) is 2. The molecule has 23 heavy (non-hydrogen) atoms. The van der Waals surface area contributed by atoms with Gasteiger partial charge in [-0.1, -0.05) is 6.07 Å². The fraction of sp³-hybridized carbons (Fsp3) is 0.250. The molecule has 0 aliphatic heterocycles. The van der Waals surface area contributed by atoms with Crippen molar-refractivity contribution in [3.8, 4) is 11.5 Å². The highest BCUT2D eigenvalue weighted by molar-refractivity contribution is 7.12. The molecule has 0 spiro atoms. The summed E-state index contributed by atoms with van der Waals surface area (Å²) in [6.45, 7) is 0.268. The molecule has 2 N–H and O–H groups in total. The second-order valence-corrected chi connectivity index (χ2v) is 5.58. The molecule has 6 nitrogen and oxygen atoms in total. The van der Waals surface area contributed by atoms with Gasteiger partial charge in [-0.25, -0.2) is 0 Å². The third-order valence-corrected chi connectivity index (χ3v) is 3.89. The monoisotopic (exact) mass is 334 g/mol. The molecule has 0 unspecified atom stereocenters. The zero-order valence-corrected chi connectivity index (χ0v) is 13.7. The van der Waals surface area contributed by atoms with Gasteiger partial charge in [-0.2, -0.15) is 0 Å². The lowest BCUT2D eigenvalue weighted by molar-refractivity contribution is -0.116. The average Bonchev–Trinajstić information content (AvgIpc) is 3.08. The number of hydrogen-bond donors (Lipinski definition) is 2. The van der Waals surface area contributed by atoms with Crippen LogP contribution in [0.15, 0.2) is 35.7 Å². The summed E-state index contributed by atoms with van der Waals surface area (Å²) in [4.78, 5) is 24.3. The summed E-state index contributed by atoms with van der Waals surface area (Å²) in [5, 5.41) is 7.29. The third kappa shape index (κ3) is 5.00. The Morgan fingerprint density at radius 1 is 1.13 bits per heavy atom. The Balaban J connectivity index is 1.84. The van der Waals surface area contributed by atoms with Crippen LogP contribution in [0.2, 0.25) is 0 Å². The third-order valence-electron chi connectivity index (χ3n) is 3.02. The van der Waals surface area contributed by atoms with Gasteiger partial charge in [-0.15, -0.1) is 11.3 Å². The minimum atomic E-state index is -0.202. The minimum absolute atomic E-state index is 0.171. The summed E-state index contributed by atoms with van der Waals surface area (Å²) in [6, 6.07) is 8.66. The van der Waals surface area contributed by atoms with Crippen LogP contribution in [0, 0.1) is 0 Å². The number of carbonyl (C=O) groups excluding carboxylic acids is 2. The molecule has 122 valence electrons. The number of methoxy groups -OCH3 is 2. The van der Waals surface area contributed by atoms with Crippen molar-refractivity contribution in [2.75, 3.05) is 26.1 Å². The van der Waals surface area contributed by atoms with E-state index in [2.05, 4.69) is 10.6 Å². The Hall–Kier alpha value is -2.54. The maximum Gasteiger partial charge on any atom is 0.261 e. The second-order valence-electron chi connectivity index (χ2n) is 4.63. The molecule has 0 aliphatic rings. The maximum absolute atomic E-state index is 11.9. The zero-order valence-electron chi connectivity index (χ0n) is 12.9. The quantitative estimate of drug-likeness (QED) is 0.816. The highest BCUT2D eigenvalue weighted by atomic mass is 32.1. The molecule has 2 aromatic rings. The normalized spacial score (nSPS) is 10.0. The van der Waals surface area contributed by atoms with Crippen LogP contribution in [0.1, 0.15) is 16.1 Å². The summed E-state index contributed by atoms with van der Waals surface area (Å²) >= 11 is 1.36. The fourth-order valence-electron chi connectivity index (χ4n) is 1.89. The highest BCUT2D eigenvalue weighted by Crippen LogP contribution is 2.25. The molecule has 0 saturated carbocycles. The Morgan fingerprint density at radius 3 is 2.39 bits per heavy atom. The van der Waals surface area contributed by atoms with Crippen LogP contribution in [0.4, 0.5) is 5.69 Å². The van der Waals surface area contributed by atoms with Gasteiger partial charge in [0.1, 0.15) is 11.5 Å². The van der Waals surface area contributed by atoms with Crippen LogP contribution in [-0.4, -0.2) is 32.6 Å². The molecule has 1 heterocycles. The smallest absolute Gasteiger partial charge is 0.261 e. The Morgan fingerprint density at radius 2 is 1.83 bits per heavy atom. The lowest BCUT2D eigenvalue weighted by atomic mass is 10.2. The van der Waals surface area contributed by atoms with Crippen molar-refractivity contribution in [2.45, 2.75) is 6.42 Å². The molecule has 0 saturated heterocycles. The number of nitrogens with one attached hydrogen (secondary N) is 2. The molecule has 1 aromatic carbocycles. The van der Waals surface area contributed by atoms with E-state index in [1.807, 2.05) is 11.4 Å². The summed E-state index contributed by atoms with van der Waals surface area (Å²) in [5.41, 5.74) is 0.579. The average molecular weight is 334 g/mol. The van der Waals surface area contributed by atoms with Gasteiger partial charge < -0.3 is 20.1 Å². The number of rotatable bonds is 7. The number of hydrogen-bond acceptors (Lipinski definition) is 5. The SMILES string of the molecule is COc1cc(NC(=O)CCNC(=O)c2cccs2)cc(OC)c1. The van der Waals surface area contributed by atoms with Crippen molar-refractivity contribution in [1.29, 1.82) is 0 Å². The van der Waals surface area contributed by atoms with Crippen molar-refractivity contribution in [1.82, 2.24) is 5.32 Å². The zero-order chi connectivity index (χ0) is 16.7. The van der Waals surface area contributed by atoms with E-state index < -0.39 is 0 Å². The van der Waals surface area contributed by atoms with Crippen LogP contribution >= 0.6 is 11.3 Å². The van der Waals surface area contributed by atoms with Gasteiger partial charge in [0.2, 0.25) is 5.91 Å². The van der Waals surface area contributed by atoms with E-state index in [1.54, 1.807) is 38.5 Å². The molecule has 0 fully saturated rings. The van der Waals surface area contributed by atoms with Crippen LogP contribution in [0.25, 0.3) is 0 Å². The Bertz CT molecular complexity index is 648. The van der Waals surface area contributed by atoms with Crippen molar-refractivity contribution in [2.24, 2.45) is 0 Å². The molecular weight excluding hydrogens is 316 g/mol. The number of thiophene rings is 1. The van der Waals surface area contributed by atoms with E-state index in [0.29, 0.717) is 22.1 Å². The Kier molecular flexibility index (Phi) is 5.99. The predicted octanol–water partition coefficient (Wildman–Crippen LogP) is 2.52. The van der Waals surface area contributed by atoms with Crippen molar-refractivity contribution < 1.29 is 19.1 Å². The summed E-state index contributed by atoms with van der Waals surface area (Å²) in [6.07, 6.45) is 0.177. The van der Waals surface area contributed by atoms with Gasteiger partial charge in [0.15, 0.2) is 0 Å². The van der Waals surface area contributed by atoms with Gasteiger partial charge >= 0.3 is 0 Å². The van der Waals surface area contributed by atoms with Crippen LogP contribution in [0.3, 0.4) is 0 Å². The van der Waals surface area contributed by atoms with Crippen LogP contribution < -0.4 is 20.1 Å². The fourth-order valence-corrected chi connectivity index (χ4v) is 2.53. The number of carbonyl (C=O) groups is 2. The lowest BCUT2D eigenvalue weighted by Gasteiger charge is -2.10. The topological polar surface area (TPSA) is 76.7 Å². The van der Waals surface area contributed by atoms with Crippen molar-refractivity contribution >= 4 is 28.8 Å². The molecule has 0 atom stereocenters. The molecule has 2 amide bonds. The molecule has 0 aliphatic carbocycles. The molecule has 2 rings (SSSR count). The largest absolute Gasteiger partial charge is 0.497 e. The van der Waals surface area contributed by atoms with E-state index >= 15 is 0 Å². The molecule has 0 radical (unpaired) electrons. The number of anilines is 1. The second kappa shape index (κ2) is 8.19. The van der Waals surface area contributed by atoms with E-state index in [9.17, 15) is 9.59 Å². The first-order valence-corrected chi connectivity index (χ1v) is 7.85. The summed E-state index contributed by atoms with van der Waals surface area (Å²) < 4.78 is 10.3. The first-order valence-electron chi connectivity index (χ1n) is 6.97. The van der Waals surface area contributed by atoms with Gasteiger partial charge in [0.25, 0.3) is 5.91 Å². The molecule has 7 heteroatoms. The van der Waals surface area contributed by atoms with Gasteiger partial charge in [-0.3, -0.25) is 9.59 Å². The predicted molar refractivity (Wildman–Crippen MR) is 89.4 cm³/mol. The summed E-state index contributed by atoms with van der Waals surface area (Å²) in [5.74, 6) is 0.805. The van der Waals surface area contributed by atoms with Crippen LogP contribution in [0.5, 0.6) is 11.5 Å². The van der Waals surface area contributed by atoms with Gasteiger partial charge in [0.05, 0.1) is 19.1 Å². The minimum Gasteiger partial charge on any atom is -0.497 e. The molecular formula is C16H18N2O4S.